The fourth-order valence-electron chi connectivity index (χ4n) is 1.64. The molecule has 1 N–H and O–H groups in total. The quantitative estimate of drug-likeness (QED) is 0.518. The Kier molecular flexibility index (Phi) is 4.45. The van der Waals surface area contributed by atoms with E-state index in [0.717, 1.165) is 11.3 Å². The third-order valence-electron chi connectivity index (χ3n) is 2.71. The Balaban J connectivity index is 2.13. The summed E-state index contributed by atoms with van der Waals surface area (Å²) in [4.78, 5) is 14.5. The van der Waals surface area contributed by atoms with E-state index in [1.54, 1.807) is 38.4 Å². The maximum absolute atomic E-state index is 10.9. The van der Waals surface area contributed by atoms with Gasteiger partial charge in [0.1, 0.15) is 5.75 Å². The summed E-state index contributed by atoms with van der Waals surface area (Å²) in [6, 6.07) is 10.2. The molecule has 0 radical (unpaired) electrons. The lowest BCUT2D eigenvalue weighted by Gasteiger charge is -2.02. The molecule has 7 nitrogen and oxygen atoms in total. The SMILES string of the molecule is COc1ccc(/C=N\Nc2nc(C)ccc2[N+](=O)[O-])cc1. The number of hydrazone groups is 1. The van der Waals surface area contributed by atoms with Gasteiger partial charge in [0.2, 0.25) is 5.82 Å². The van der Waals surface area contributed by atoms with E-state index in [-0.39, 0.29) is 11.5 Å². The summed E-state index contributed by atoms with van der Waals surface area (Å²) in [6.45, 7) is 1.75. The molecule has 108 valence electrons. The molecular weight excluding hydrogens is 272 g/mol. The third kappa shape index (κ3) is 3.75. The van der Waals surface area contributed by atoms with Crippen molar-refractivity contribution in [3.63, 3.8) is 0 Å². The molecule has 7 heteroatoms. The van der Waals surface area contributed by atoms with E-state index in [0.29, 0.717) is 5.69 Å². The maximum Gasteiger partial charge on any atom is 0.313 e. The summed E-state index contributed by atoms with van der Waals surface area (Å²) in [7, 11) is 1.59. The van der Waals surface area contributed by atoms with Crippen molar-refractivity contribution in [3.8, 4) is 5.75 Å². The molecule has 1 aromatic heterocycles. The average molecular weight is 286 g/mol. The number of anilines is 1. The highest BCUT2D eigenvalue weighted by Gasteiger charge is 2.14. The molecule has 0 spiro atoms. The summed E-state index contributed by atoms with van der Waals surface area (Å²) in [5.41, 5.74) is 3.98. The predicted molar refractivity (Wildman–Crippen MR) is 79.8 cm³/mol. The molecule has 0 aliphatic carbocycles. The molecule has 0 fully saturated rings. The lowest BCUT2D eigenvalue weighted by Crippen LogP contribution is -2.00. The van der Waals surface area contributed by atoms with Crippen LogP contribution in [-0.2, 0) is 0 Å². The smallest absolute Gasteiger partial charge is 0.313 e. The van der Waals surface area contributed by atoms with Crippen LogP contribution in [-0.4, -0.2) is 23.2 Å². The highest BCUT2D eigenvalue weighted by Crippen LogP contribution is 2.21. The van der Waals surface area contributed by atoms with Gasteiger partial charge in [-0.3, -0.25) is 15.5 Å². The van der Waals surface area contributed by atoms with Crippen molar-refractivity contribution in [3.05, 3.63) is 57.8 Å². The van der Waals surface area contributed by atoms with Gasteiger partial charge in [0.05, 0.1) is 18.2 Å². The number of hydrogen-bond donors (Lipinski definition) is 1. The average Bonchev–Trinajstić information content (AvgIpc) is 2.48. The number of benzene rings is 1. The largest absolute Gasteiger partial charge is 0.497 e. The van der Waals surface area contributed by atoms with Crippen LogP contribution in [0.3, 0.4) is 0 Å². The highest BCUT2D eigenvalue weighted by atomic mass is 16.6. The topological polar surface area (TPSA) is 89.7 Å². The number of nitrogens with one attached hydrogen (secondary N) is 1. The van der Waals surface area contributed by atoms with Gasteiger partial charge in [-0.15, -0.1) is 0 Å². The number of ether oxygens (including phenoxy) is 1. The first kappa shape index (κ1) is 14.4. The normalized spacial score (nSPS) is 10.6. The van der Waals surface area contributed by atoms with Crippen LogP contribution >= 0.6 is 0 Å². The zero-order valence-corrected chi connectivity index (χ0v) is 11.6. The van der Waals surface area contributed by atoms with E-state index in [1.165, 1.54) is 6.07 Å². The van der Waals surface area contributed by atoms with Gasteiger partial charge in [0.15, 0.2) is 0 Å². The number of nitro groups is 1. The summed E-state index contributed by atoms with van der Waals surface area (Å²) >= 11 is 0. The van der Waals surface area contributed by atoms with Crippen molar-refractivity contribution in [2.45, 2.75) is 6.92 Å². The van der Waals surface area contributed by atoms with Crippen LogP contribution < -0.4 is 10.2 Å². The van der Waals surface area contributed by atoms with Crippen LogP contribution in [0.25, 0.3) is 0 Å². The van der Waals surface area contributed by atoms with E-state index in [1.807, 2.05) is 12.1 Å². The van der Waals surface area contributed by atoms with Gasteiger partial charge in [-0.1, -0.05) is 0 Å². The molecule has 0 saturated heterocycles. The second-order valence-corrected chi connectivity index (χ2v) is 4.22. The van der Waals surface area contributed by atoms with E-state index in [2.05, 4.69) is 15.5 Å². The van der Waals surface area contributed by atoms with Crippen LogP contribution in [0.2, 0.25) is 0 Å². The summed E-state index contributed by atoms with van der Waals surface area (Å²) in [5, 5.41) is 14.9. The minimum Gasteiger partial charge on any atom is -0.497 e. The fourth-order valence-corrected chi connectivity index (χ4v) is 1.64. The second-order valence-electron chi connectivity index (χ2n) is 4.22. The second kappa shape index (κ2) is 6.47. The lowest BCUT2D eigenvalue weighted by molar-refractivity contribution is -0.384. The molecule has 0 atom stereocenters. The summed E-state index contributed by atoms with van der Waals surface area (Å²) < 4.78 is 5.05. The van der Waals surface area contributed by atoms with Crippen LogP contribution in [0, 0.1) is 17.0 Å². The zero-order chi connectivity index (χ0) is 15.2. The van der Waals surface area contributed by atoms with Crippen molar-refractivity contribution in [2.75, 3.05) is 12.5 Å². The summed E-state index contributed by atoms with van der Waals surface area (Å²) in [6.07, 6.45) is 1.55. The number of rotatable bonds is 5. The fraction of sp³-hybridized carbons (Fsp3) is 0.143. The maximum atomic E-state index is 10.9. The van der Waals surface area contributed by atoms with Gasteiger partial charge in [-0.05, 0) is 42.8 Å². The van der Waals surface area contributed by atoms with Crippen molar-refractivity contribution >= 4 is 17.7 Å². The first-order chi connectivity index (χ1) is 10.1. The Hall–Kier alpha value is -2.96. The van der Waals surface area contributed by atoms with Gasteiger partial charge < -0.3 is 4.74 Å². The number of hydrogen-bond acceptors (Lipinski definition) is 6. The molecule has 21 heavy (non-hydrogen) atoms. The van der Waals surface area contributed by atoms with Crippen LogP contribution in [0.5, 0.6) is 5.75 Å². The third-order valence-corrected chi connectivity index (χ3v) is 2.71. The molecule has 0 bridgehead atoms. The van der Waals surface area contributed by atoms with E-state index < -0.39 is 4.92 Å². The van der Waals surface area contributed by atoms with Crippen molar-refractivity contribution in [1.82, 2.24) is 4.98 Å². The van der Waals surface area contributed by atoms with E-state index in [9.17, 15) is 10.1 Å². The molecule has 0 aliphatic rings. The van der Waals surface area contributed by atoms with Crippen molar-refractivity contribution in [1.29, 1.82) is 0 Å². The van der Waals surface area contributed by atoms with Crippen LogP contribution in [0.1, 0.15) is 11.3 Å². The van der Waals surface area contributed by atoms with Gasteiger partial charge in [0.25, 0.3) is 0 Å². The molecular formula is C14H14N4O3. The first-order valence-electron chi connectivity index (χ1n) is 6.15. The number of pyridine rings is 1. The molecule has 0 amide bonds. The Bertz CT molecular complexity index is 668. The standard InChI is InChI=1S/C14H14N4O3/c1-10-3-8-13(18(19)20)14(16-10)17-15-9-11-4-6-12(21-2)7-5-11/h3-9H,1-2H3,(H,16,17)/b15-9-. The molecule has 1 aromatic carbocycles. The van der Waals surface area contributed by atoms with Crippen molar-refractivity contribution < 1.29 is 9.66 Å². The van der Waals surface area contributed by atoms with E-state index >= 15 is 0 Å². The molecule has 0 saturated carbocycles. The Labute approximate surface area is 121 Å². The predicted octanol–water partition coefficient (Wildman–Crippen LogP) is 2.75. The Morgan fingerprint density at radius 2 is 2.00 bits per heavy atom. The molecule has 1 heterocycles. The van der Waals surface area contributed by atoms with Gasteiger partial charge in [0, 0.05) is 11.8 Å². The number of methoxy groups -OCH3 is 1. The highest BCUT2D eigenvalue weighted by molar-refractivity contribution is 5.80. The molecule has 2 rings (SSSR count). The van der Waals surface area contributed by atoms with Gasteiger partial charge >= 0.3 is 5.69 Å². The number of aromatic nitrogens is 1. The Morgan fingerprint density at radius 3 is 2.62 bits per heavy atom. The van der Waals surface area contributed by atoms with Gasteiger partial charge in [-0.25, -0.2) is 4.98 Å². The monoisotopic (exact) mass is 286 g/mol. The Morgan fingerprint density at radius 1 is 1.29 bits per heavy atom. The summed E-state index contributed by atoms with van der Waals surface area (Å²) in [5.74, 6) is 0.862. The molecule has 2 aromatic rings. The number of nitrogens with zero attached hydrogens (tertiary/aromatic N) is 3. The lowest BCUT2D eigenvalue weighted by atomic mass is 10.2. The minimum absolute atomic E-state index is 0.116. The zero-order valence-electron chi connectivity index (χ0n) is 11.6. The molecule has 0 aliphatic heterocycles. The van der Waals surface area contributed by atoms with Crippen LogP contribution in [0.15, 0.2) is 41.5 Å². The van der Waals surface area contributed by atoms with Gasteiger partial charge in [-0.2, -0.15) is 5.10 Å². The van der Waals surface area contributed by atoms with Crippen molar-refractivity contribution in [2.24, 2.45) is 5.10 Å². The van der Waals surface area contributed by atoms with Crippen LogP contribution in [0.4, 0.5) is 11.5 Å². The minimum atomic E-state index is -0.502. The number of aryl methyl sites for hydroxylation is 1. The molecule has 0 unspecified atom stereocenters. The first-order valence-corrected chi connectivity index (χ1v) is 6.15. The van der Waals surface area contributed by atoms with E-state index in [4.69, 9.17) is 4.74 Å².